The van der Waals surface area contributed by atoms with E-state index in [4.69, 9.17) is 10.2 Å². The van der Waals surface area contributed by atoms with Crippen molar-refractivity contribution in [2.24, 2.45) is 11.7 Å². The molecule has 0 aromatic carbocycles. The number of nitrogens with two attached hydrogens (primary N) is 1. The van der Waals surface area contributed by atoms with Crippen molar-refractivity contribution in [2.75, 3.05) is 6.54 Å². The Hall–Kier alpha value is -0.800. The number of hydrogen-bond acceptors (Lipinski definition) is 3. The van der Waals surface area contributed by atoms with Gasteiger partial charge >= 0.3 is 0 Å². The van der Waals surface area contributed by atoms with Gasteiger partial charge in [-0.2, -0.15) is 0 Å². The summed E-state index contributed by atoms with van der Waals surface area (Å²) >= 11 is 0. The molecule has 0 spiro atoms. The Labute approximate surface area is 105 Å². The molecule has 98 valence electrons. The molecule has 0 radical (unpaired) electrons. The van der Waals surface area contributed by atoms with Gasteiger partial charge in [-0.25, -0.2) is 0 Å². The van der Waals surface area contributed by atoms with Gasteiger partial charge in [0.1, 0.15) is 11.5 Å². The number of aryl methyl sites for hydroxylation is 1. The van der Waals surface area contributed by atoms with Crippen molar-refractivity contribution < 1.29 is 4.42 Å². The van der Waals surface area contributed by atoms with Crippen LogP contribution in [-0.2, 0) is 13.1 Å². The lowest BCUT2D eigenvalue weighted by Gasteiger charge is -2.27. The van der Waals surface area contributed by atoms with Crippen molar-refractivity contribution in [1.29, 1.82) is 0 Å². The van der Waals surface area contributed by atoms with Crippen LogP contribution in [0.5, 0.6) is 0 Å². The average Bonchev–Trinajstić information content (AvgIpc) is 2.57. The van der Waals surface area contributed by atoms with Crippen LogP contribution >= 0.6 is 0 Å². The molecule has 1 rings (SSSR count). The topological polar surface area (TPSA) is 42.4 Å². The molecule has 0 unspecified atom stereocenters. The van der Waals surface area contributed by atoms with Gasteiger partial charge in [0.15, 0.2) is 0 Å². The van der Waals surface area contributed by atoms with Crippen LogP contribution in [0.2, 0.25) is 0 Å². The molecule has 1 aromatic rings. The van der Waals surface area contributed by atoms with Crippen LogP contribution in [0.3, 0.4) is 0 Å². The van der Waals surface area contributed by atoms with Crippen molar-refractivity contribution in [3.8, 4) is 0 Å². The molecule has 2 N–H and O–H groups in total. The quantitative estimate of drug-likeness (QED) is 0.828. The van der Waals surface area contributed by atoms with Gasteiger partial charge < -0.3 is 10.2 Å². The lowest BCUT2D eigenvalue weighted by atomic mass is 10.1. The summed E-state index contributed by atoms with van der Waals surface area (Å²) < 4.78 is 5.75. The summed E-state index contributed by atoms with van der Waals surface area (Å²) in [5.41, 5.74) is 6.78. The maximum atomic E-state index is 5.75. The molecule has 0 fully saturated rings. The van der Waals surface area contributed by atoms with E-state index in [-0.39, 0.29) is 0 Å². The van der Waals surface area contributed by atoms with Gasteiger partial charge in [-0.15, -0.1) is 0 Å². The molecule has 17 heavy (non-hydrogen) atoms. The van der Waals surface area contributed by atoms with Crippen molar-refractivity contribution >= 4 is 0 Å². The van der Waals surface area contributed by atoms with E-state index in [2.05, 4.69) is 38.7 Å². The molecule has 1 aromatic heterocycles. The second kappa shape index (κ2) is 6.22. The van der Waals surface area contributed by atoms with E-state index in [1.54, 1.807) is 0 Å². The van der Waals surface area contributed by atoms with Crippen LogP contribution in [0.15, 0.2) is 10.5 Å². The Bertz CT molecular complexity index is 342. The normalized spacial score (nSPS) is 12.1. The molecule has 0 saturated heterocycles. The summed E-state index contributed by atoms with van der Waals surface area (Å²) in [6, 6.07) is 2.62. The zero-order valence-corrected chi connectivity index (χ0v) is 11.8. The SMILES string of the molecule is Cc1oc(CN(CC(C)C)C(C)C)cc1CN. The molecule has 3 heteroatoms. The first-order valence-electron chi connectivity index (χ1n) is 6.46. The molecular weight excluding hydrogens is 212 g/mol. The number of nitrogens with zero attached hydrogens (tertiary/aromatic N) is 1. The summed E-state index contributed by atoms with van der Waals surface area (Å²) in [7, 11) is 0. The molecule has 0 atom stereocenters. The number of rotatable bonds is 6. The first kappa shape index (κ1) is 14.3. The van der Waals surface area contributed by atoms with Gasteiger partial charge in [0, 0.05) is 24.7 Å². The van der Waals surface area contributed by atoms with Crippen molar-refractivity contribution in [3.63, 3.8) is 0 Å². The smallest absolute Gasteiger partial charge is 0.118 e. The predicted molar refractivity (Wildman–Crippen MR) is 71.7 cm³/mol. The van der Waals surface area contributed by atoms with E-state index in [1.807, 2.05) is 6.92 Å². The zero-order valence-electron chi connectivity index (χ0n) is 11.8. The van der Waals surface area contributed by atoms with Gasteiger partial charge in [-0.1, -0.05) is 13.8 Å². The van der Waals surface area contributed by atoms with Crippen LogP contribution in [0, 0.1) is 12.8 Å². The third-order valence-electron chi connectivity index (χ3n) is 2.98. The Morgan fingerprint density at radius 3 is 2.35 bits per heavy atom. The maximum Gasteiger partial charge on any atom is 0.118 e. The van der Waals surface area contributed by atoms with E-state index < -0.39 is 0 Å². The van der Waals surface area contributed by atoms with Gasteiger partial charge in [0.05, 0.1) is 6.54 Å². The van der Waals surface area contributed by atoms with E-state index in [0.717, 1.165) is 30.2 Å². The third kappa shape index (κ3) is 4.17. The van der Waals surface area contributed by atoms with Crippen LogP contribution < -0.4 is 5.73 Å². The summed E-state index contributed by atoms with van der Waals surface area (Å²) in [6.07, 6.45) is 0. The number of furan rings is 1. The van der Waals surface area contributed by atoms with E-state index >= 15 is 0 Å². The molecule has 1 heterocycles. The average molecular weight is 238 g/mol. The molecule has 0 amide bonds. The van der Waals surface area contributed by atoms with Crippen molar-refractivity contribution in [3.05, 3.63) is 23.2 Å². The molecule has 0 aliphatic rings. The van der Waals surface area contributed by atoms with Gasteiger partial charge in [-0.3, -0.25) is 4.90 Å². The van der Waals surface area contributed by atoms with Gasteiger partial charge in [-0.05, 0) is 32.8 Å². The Balaban J connectivity index is 2.71. The third-order valence-corrected chi connectivity index (χ3v) is 2.98. The summed E-state index contributed by atoms with van der Waals surface area (Å²) in [4.78, 5) is 2.43. The van der Waals surface area contributed by atoms with Crippen molar-refractivity contribution in [1.82, 2.24) is 4.90 Å². The number of hydrogen-bond donors (Lipinski definition) is 1. The summed E-state index contributed by atoms with van der Waals surface area (Å²) in [5.74, 6) is 2.65. The van der Waals surface area contributed by atoms with Crippen LogP contribution in [-0.4, -0.2) is 17.5 Å². The molecule has 3 nitrogen and oxygen atoms in total. The summed E-state index contributed by atoms with van der Waals surface area (Å²) in [5, 5.41) is 0. The molecule has 0 saturated carbocycles. The monoisotopic (exact) mass is 238 g/mol. The largest absolute Gasteiger partial charge is 0.465 e. The molecule has 0 aliphatic heterocycles. The molecule has 0 aliphatic carbocycles. The maximum absolute atomic E-state index is 5.75. The Kier molecular flexibility index (Phi) is 5.22. The highest BCUT2D eigenvalue weighted by Crippen LogP contribution is 2.17. The minimum atomic E-state index is 0.532. The minimum absolute atomic E-state index is 0.532. The highest BCUT2D eigenvalue weighted by atomic mass is 16.3. The first-order chi connectivity index (χ1) is 7.93. The lowest BCUT2D eigenvalue weighted by Crippen LogP contribution is -2.33. The van der Waals surface area contributed by atoms with E-state index in [0.29, 0.717) is 18.5 Å². The van der Waals surface area contributed by atoms with Gasteiger partial charge in [0.25, 0.3) is 0 Å². The van der Waals surface area contributed by atoms with E-state index in [9.17, 15) is 0 Å². The predicted octanol–water partition coefficient (Wildman–Crippen LogP) is 2.91. The van der Waals surface area contributed by atoms with Crippen LogP contribution in [0.1, 0.15) is 44.8 Å². The fourth-order valence-electron chi connectivity index (χ4n) is 2.00. The van der Waals surface area contributed by atoms with E-state index in [1.165, 1.54) is 0 Å². The standard InChI is InChI=1S/C14H26N2O/c1-10(2)8-16(11(3)4)9-14-6-13(7-15)12(5)17-14/h6,10-11H,7-9,15H2,1-5H3. The zero-order chi connectivity index (χ0) is 13.0. The second-order valence-electron chi connectivity index (χ2n) is 5.42. The minimum Gasteiger partial charge on any atom is -0.465 e. The van der Waals surface area contributed by atoms with Gasteiger partial charge in [0.2, 0.25) is 0 Å². The molecule has 0 bridgehead atoms. The highest BCUT2D eigenvalue weighted by Gasteiger charge is 2.15. The van der Waals surface area contributed by atoms with Crippen LogP contribution in [0.4, 0.5) is 0 Å². The lowest BCUT2D eigenvalue weighted by molar-refractivity contribution is 0.174. The van der Waals surface area contributed by atoms with Crippen molar-refractivity contribution in [2.45, 2.75) is 53.8 Å². The summed E-state index contributed by atoms with van der Waals surface area (Å²) in [6.45, 7) is 13.4. The molecular formula is C14H26N2O. The Morgan fingerprint density at radius 2 is 1.94 bits per heavy atom. The fourth-order valence-corrected chi connectivity index (χ4v) is 2.00. The first-order valence-corrected chi connectivity index (χ1v) is 6.46. The Morgan fingerprint density at radius 1 is 1.29 bits per heavy atom. The fraction of sp³-hybridized carbons (Fsp3) is 0.714. The van der Waals surface area contributed by atoms with Crippen LogP contribution in [0.25, 0.3) is 0 Å². The highest BCUT2D eigenvalue weighted by molar-refractivity contribution is 5.20. The second-order valence-corrected chi connectivity index (χ2v) is 5.42.